The highest BCUT2D eigenvalue weighted by molar-refractivity contribution is 9.10. The summed E-state index contributed by atoms with van der Waals surface area (Å²) in [6.45, 7) is 1.81. The van der Waals surface area contributed by atoms with E-state index in [9.17, 15) is 9.18 Å². The molecule has 2 heterocycles. The number of rotatable bonds is 1. The Labute approximate surface area is 116 Å². The molecule has 0 spiro atoms. The number of carbonyl (C=O) groups is 1. The predicted molar refractivity (Wildman–Crippen MR) is 71.3 cm³/mol. The normalized spacial score (nSPS) is 17.6. The van der Waals surface area contributed by atoms with Gasteiger partial charge in [0.25, 0.3) is 5.91 Å². The highest BCUT2D eigenvalue weighted by Crippen LogP contribution is 2.31. The number of halogens is 2. The molecule has 0 saturated heterocycles. The first-order valence-corrected chi connectivity index (χ1v) is 6.43. The molecule has 0 bridgehead atoms. The van der Waals surface area contributed by atoms with Crippen molar-refractivity contribution in [1.29, 1.82) is 0 Å². The standard InChI is InChI=1S/C12H10BrFN4O/c1-5-9-10(18-17-5)12(19)16-11(15-9)7-4-6(14)2-3-8(7)13/h2-4,11,15H,1H3,(H,16,19)(H,17,18)/t11-/m0/s1. The Morgan fingerprint density at radius 1 is 1.37 bits per heavy atom. The van der Waals surface area contributed by atoms with Crippen LogP contribution in [0, 0.1) is 12.7 Å². The van der Waals surface area contributed by atoms with Gasteiger partial charge in [-0.15, -0.1) is 0 Å². The number of H-pyrrole nitrogens is 1. The van der Waals surface area contributed by atoms with Gasteiger partial charge >= 0.3 is 0 Å². The Morgan fingerprint density at radius 3 is 2.95 bits per heavy atom. The van der Waals surface area contributed by atoms with Gasteiger partial charge in [-0.25, -0.2) is 4.39 Å². The molecule has 2 aromatic rings. The molecule has 1 aliphatic rings. The summed E-state index contributed by atoms with van der Waals surface area (Å²) < 4.78 is 14.1. The molecule has 1 aliphatic heterocycles. The summed E-state index contributed by atoms with van der Waals surface area (Å²) in [5.41, 5.74) is 2.35. The van der Waals surface area contributed by atoms with Gasteiger partial charge in [0.05, 0.1) is 11.4 Å². The number of fused-ring (bicyclic) bond motifs is 1. The van der Waals surface area contributed by atoms with Crippen molar-refractivity contribution in [3.63, 3.8) is 0 Å². The second kappa shape index (κ2) is 4.34. The van der Waals surface area contributed by atoms with Crippen LogP contribution in [0.2, 0.25) is 0 Å². The zero-order chi connectivity index (χ0) is 13.6. The summed E-state index contributed by atoms with van der Waals surface area (Å²) in [4.78, 5) is 11.9. The van der Waals surface area contributed by atoms with Crippen LogP contribution in [-0.2, 0) is 0 Å². The van der Waals surface area contributed by atoms with Crippen LogP contribution in [0.15, 0.2) is 22.7 Å². The Hall–Kier alpha value is -1.89. The van der Waals surface area contributed by atoms with Crippen LogP contribution in [0.1, 0.15) is 27.9 Å². The molecule has 5 nitrogen and oxygen atoms in total. The summed E-state index contributed by atoms with van der Waals surface area (Å²) in [5.74, 6) is -0.650. The number of aromatic amines is 1. The molecule has 0 fully saturated rings. The van der Waals surface area contributed by atoms with Crippen LogP contribution >= 0.6 is 15.9 Å². The van der Waals surface area contributed by atoms with E-state index in [4.69, 9.17) is 0 Å². The Morgan fingerprint density at radius 2 is 2.16 bits per heavy atom. The molecule has 1 aromatic carbocycles. The minimum Gasteiger partial charge on any atom is -0.358 e. The molecule has 7 heteroatoms. The zero-order valence-corrected chi connectivity index (χ0v) is 11.5. The SMILES string of the molecule is Cc1[nH]nc2c1N[C@H](c1cc(F)ccc1Br)NC2=O. The average molecular weight is 325 g/mol. The Bertz CT molecular complexity index is 670. The largest absolute Gasteiger partial charge is 0.358 e. The van der Waals surface area contributed by atoms with Gasteiger partial charge in [0.15, 0.2) is 5.69 Å². The fourth-order valence-electron chi connectivity index (χ4n) is 2.04. The minimum absolute atomic E-state index is 0.292. The molecule has 3 N–H and O–H groups in total. The van der Waals surface area contributed by atoms with Crippen molar-refractivity contribution in [3.8, 4) is 0 Å². The number of hydrogen-bond acceptors (Lipinski definition) is 3. The number of nitrogens with zero attached hydrogens (tertiary/aromatic N) is 1. The molecule has 0 radical (unpaired) electrons. The first-order chi connectivity index (χ1) is 9.06. The van der Waals surface area contributed by atoms with E-state index >= 15 is 0 Å². The Kier molecular flexibility index (Phi) is 2.78. The van der Waals surface area contributed by atoms with Gasteiger partial charge < -0.3 is 10.6 Å². The van der Waals surface area contributed by atoms with Gasteiger partial charge in [-0.1, -0.05) is 15.9 Å². The van der Waals surface area contributed by atoms with Gasteiger partial charge in [-0.3, -0.25) is 9.89 Å². The summed E-state index contributed by atoms with van der Waals surface area (Å²) in [7, 11) is 0. The lowest BCUT2D eigenvalue weighted by molar-refractivity contribution is 0.0930. The number of aromatic nitrogens is 2. The van der Waals surface area contributed by atoms with E-state index in [1.807, 2.05) is 6.92 Å². The van der Waals surface area contributed by atoms with Gasteiger partial charge in [-0.2, -0.15) is 5.10 Å². The number of benzene rings is 1. The van der Waals surface area contributed by atoms with Crippen LogP contribution < -0.4 is 10.6 Å². The van der Waals surface area contributed by atoms with Crippen molar-refractivity contribution < 1.29 is 9.18 Å². The van der Waals surface area contributed by atoms with E-state index in [1.54, 1.807) is 6.07 Å². The maximum absolute atomic E-state index is 13.3. The zero-order valence-electron chi connectivity index (χ0n) is 9.92. The minimum atomic E-state index is -0.499. The second-order valence-electron chi connectivity index (χ2n) is 4.29. The van der Waals surface area contributed by atoms with Crippen molar-refractivity contribution >= 4 is 27.5 Å². The molecule has 3 rings (SSSR count). The third-order valence-electron chi connectivity index (χ3n) is 3.00. The third kappa shape index (κ3) is 1.99. The molecule has 0 aliphatic carbocycles. The Balaban J connectivity index is 2.03. The van der Waals surface area contributed by atoms with Crippen LogP contribution in [0.5, 0.6) is 0 Å². The quantitative estimate of drug-likeness (QED) is 0.754. The fraction of sp³-hybridized carbons (Fsp3) is 0.167. The van der Waals surface area contributed by atoms with E-state index in [1.165, 1.54) is 12.1 Å². The maximum atomic E-state index is 13.3. The average Bonchev–Trinajstić information content (AvgIpc) is 2.75. The van der Waals surface area contributed by atoms with Gasteiger partial charge in [0.1, 0.15) is 12.0 Å². The molecule has 1 atom stereocenters. The van der Waals surface area contributed by atoms with Crippen molar-refractivity contribution in [2.24, 2.45) is 0 Å². The van der Waals surface area contributed by atoms with E-state index in [-0.39, 0.29) is 11.7 Å². The van der Waals surface area contributed by atoms with Crippen LogP contribution in [0.25, 0.3) is 0 Å². The van der Waals surface area contributed by atoms with Crippen molar-refractivity contribution in [2.75, 3.05) is 5.32 Å². The molecule has 0 saturated carbocycles. The smallest absolute Gasteiger partial charge is 0.275 e. The molecule has 98 valence electrons. The monoisotopic (exact) mass is 324 g/mol. The molecular formula is C12H10BrFN4O. The van der Waals surface area contributed by atoms with Crippen molar-refractivity contribution in [2.45, 2.75) is 13.1 Å². The first kappa shape index (κ1) is 12.2. The van der Waals surface area contributed by atoms with E-state index in [0.29, 0.717) is 16.9 Å². The summed E-state index contributed by atoms with van der Waals surface area (Å²) >= 11 is 3.35. The molecular weight excluding hydrogens is 315 g/mol. The fourth-order valence-corrected chi connectivity index (χ4v) is 2.52. The van der Waals surface area contributed by atoms with Gasteiger partial charge in [-0.05, 0) is 25.1 Å². The number of aryl methyl sites for hydroxylation is 1. The highest BCUT2D eigenvalue weighted by Gasteiger charge is 2.29. The van der Waals surface area contributed by atoms with E-state index in [0.717, 1.165) is 10.2 Å². The number of carbonyl (C=O) groups excluding carboxylic acids is 1. The van der Waals surface area contributed by atoms with E-state index in [2.05, 4.69) is 36.8 Å². The van der Waals surface area contributed by atoms with E-state index < -0.39 is 6.17 Å². The summed E-state index contributed by atoms with van der Waals surface area (Å²) in [6, 6.07) is 4.34. The first-order valence-electron chi connectivity index (χ1n) is 5.63. The number of anilines is 1. The molecule has 0 unspecified atom stereocenters. The highest BCUT2D eigenvalue weighted by atomic mass is 79.9. The van der Waals surface area contributed by atoms with Crippen LogP contribution in [0.3, 0.4) is 0 Å². The number of hydrogen-bond donors (Lipinski definition) is 3. The summed E-state index contributed by atoms with van der Waals surface area (Å²) in [6.07, 6.45) is -0.499. The molecule has 1 amide bonds. The maximum Gasteiger partial charge on any atom is 0.275 e. The second-order valence-corrected chi connectivity index (χ2v) is 5.14. The lowest BCUT2D eigenvalue weighted by Gasteiger charge is -2.26. The van der Waals surface area contributed by atoms with Crippen LogP contribution in [0.4, 0.5) is 10.1 Å². The topological polar surface area (TPSA) is 69.8 Å². The lowest BCUT2D eigenvalue weighted by atomic mass is 10.1. The summed E-state index contributed by atoms with van der Waals surface area (Å²) in [5, 5.41) is 12.5. The molecule has 19 heavy (non-hydrogen) atoms. The predicted octanol–water partition coefficient (Wildman–Crippen LogP) is 2.47. The van der Waals surface area contributed by atoms with Gasteiger partial charge in [0.2, 0.25) is 0 Å². The number of nitrogens with one attached hydrogen (secondary N) is 3. The number of amides is 1. The lowest BCUT2D eigenvalue weighted by Crippen LogP contribution is -2.38. The van der Waals surface area contributed by atoms with Crippen LogP contribution in [-0.4, -0.2) is 16.1 Å². The van der Waals surface area contributed by atoms with Crippen molar-refractivity contribution in [3.05, 3.63) is 45.4 Å². The third-order valence-corrected chi connectivity index (χ3v) is 3.72. The van der Waals surface area contributed by atoms with Crippen molar-refractivity contribution in [1.82, 2.24) is 15.5 Å². The van der Waals surface area contributed by atoms with Gasteiger partial charge in [0, 0.05) is 10.0 Å². The molecule has 1 aromatic heterocycles.